The van der Waals surface area contributed by atoms with Gasteiger partial charge in [-0.2, -0.15) is 11.8 Å². The van der Waals surface area contributed by atoms with Gasteiger partial charge in [-0.05, 0) is 29.9 Å². The zero-order valence-corrected chi connectivity index (χ0v) is 11.0. The highest BCUT2D eigenvalue weighted by molar-refractivity contribution is 7.99. The van der Waals surface area contributed by atoms with Crippen molar-refractivity contribution in [2.75, 3.05) is 24.6 Å². The summed E-state index contributed by atoms with van der Waals surface area (Å²) in [6.45, 7) is 3.44. The van der Waals surface area contributed by atoms with E-state index in [1.165, 1.54) is 36.5 Å². The van der Waals surface area contributed by atoms with Gasteiger partial charge in [0.05, 0.1) is 5.66 Å². The van der Waals surface area contributed by atoms with E-state index in [9.17, 15) is 0 Å². The van der Waals surface area contributed by atoms with Crippen molar-refractivity contribution in [1.82, 2.24) is 10.2 Å². The Morgan fingerprint density at radius 2 is 1.94 bits per heavy atom. The highest BCUT2D eigenvalue weighted by Crippen LogP contribution is 2.33. The number of nitrogens with zero attached hydrogens (tertiary/aromatic N) is 1. The Morgan fingerprint density at radius 1 is 1.18 bits per heavy atom. The van der Waals surface area contributed by atoms with E-state index in [2.05, 4.69) is 52.3 Å². The molecule has 0 aliphatic carbocycles. The van der Waals surface area contributed by atoms with Gasteiger partial charge < -0.3 is 0 Å². The lowest BCUT2D eigenvalue weighted by atomic mass is 10.0. The monoisotopic (exact) mass is 248 g/mol. The smallest absolute Gasteiger partial charge is 0.0732 e. The fourth-order valence-corrected chi connectivity index (χ4v) is 4.15. The van der Waals surface area contributed by atoms with E-state index in [0.29, 0.717) is 5.66 Å². The van der Waals surface area contributed by atoms with Crippen LogP contribution in [-0.2, 0) is 6.54 Å². The lowest BCUT2D eigenvalue weighted by Crippen LogP contribution is -2.53. The van der Waals surface area contributed by atoms with E-state index < -0.39 is 0 Å². The minimum absolute atomic E-state index is 0.307. The molecule has 3 heteroatoms. The van der Waals surface area contributed by atoms with Crippen molar-refractivity contribution < 1.29 is 0 Å². The summed E-state index contributed by atoms with van der Waals surface area (Å²) < 4.78 is 0. The second kappa shape index (κ2) is 5.01. The van der Waals surface area contributed by atoms with Crippen molar-refractivity contribution in [3.63, 3.8) is 0 Å². The van der Waals surface area contributed by atoms with Crippen LogP contribution in [0, 0.1) is 0 Å². The lowest BCUT2D eigenvalue weighted by molar-refractivity contribution is 0.100. The molecule has 3 rings (SSSR count). The van der Waals surface area contributed by atoms with Crippen LogP contribution in [0.25, 0.3) is 0 Å². The fraction of sp³-hybridized carbons (Fsp3) is 0.571. The third-order valence-electron chi connectivity index (χ3n) is 3.98. The van der Waals surface area contributed by atoms with Crippen molar-refractivity contribution in [3.8, 4) is 0 Å². The predicted molar refractivity (Wildman–Crippen MR) is 74.1 cm³/mol. The molecule has 0 atom stereocenters. The van der Waals surface area contributed by atoms with Crippen molar-refractivity contribution in [3.05, 3.63) is 35.9 Å². The van der Waals surface area contributed by atoms with Crippen LogP contribution in [0.1, 0.15) is 18.4 Å². The van der Waals surface area contributed by atoms with Crippen molar-refractivity contribution in [2.24, 2.45) is 0 Å². The van der Waals surface area contributed by atoms with E-state index >= 15 is 0 Å². The molecule has 1 N–H and O–H groups in total. The summed E-state index contributed by atoms with van der Waals surface area (Å²) in [7, 11) is 0. The summed E-state index contributed by atoms with van der Waals surface area (Å²) in [5.74, 6) is 2.61. The van der Waals surface area contributed by atoms with Crippen LogP contribution < -0.4 is 5.32 Å². The van der Waals surface area contributed by atoms with Crippen LogP contribution in [0.5, 0.6) is 0 Å². The molecule has 2 fully saturated rings. The van der Waals surface area contributed by atoms with Crippen LogP contribution in [0.15, 0.2) is 30.3 Å². The molecule has 2 nitrogen and oxygen atoms in total. The van der Waals surface area contributed by atoms with Crippen LogP contribution in [0.3, 0.4) is 0 Å². The molecule has 2 aliphatic heterocycles. The topological polar surface area (TPSA) is 15.3 Å². The molecule has 0 saturated carbocycles. The molecule has 0 unspecified atom stereocenters. The van der Waals surface area contributed by atoms with Gasteiger partial charge in [0.15, 0.2) is 0 Å². The second-order valence-electron chi connectivity index (χ2n) is 4.98. The predicted octanol–water partition coefficient (Wildman–Crippen LogP) is 2.32. The van der Waals surface area contributed by atoms with Crippen LogP contribution >= 0.6 is 11.8 Å². The quantitative estimate of drug-likeness (QED) is 0.864. The summed E-state index contributed by atoms with van der Waals surface area (Å²) in [5, 5.41) is 3.75. The number of hydrogen-bond donors (Lipinski definition) is 1. The molecule has 0 aromatic heterocycles. The Balaban J connectivity index is 1.73. The minimum Gasteiger partial charge on any atom is -0.298 e. The Labute approximate surface area is 108 Å². The first kappa shape index (κ1) is 11.6. The van der Waals surface area contributed by atoms with Crippen molar-refractivity contribution in [2.45, 2.75) is 25.0 Å². The highest BCUT2D eigenvalue weighted by atomic mass is 32.2. The fourth-order valence-electron chi connectivity index (χ4n) is 2.99. The van der Waals surface area contributed by atoms with Crippen LogP contribution in [0.2, 0.25) is 0 Å². The van der Waals surface area contributed by atoms with Gasteiger partial charge in [-0.25, -0.2) is 0 Å². The van der Waals surface area contributed by atoms with Gasteiger partial charge in [0, 0.05) is 19.6 Å². The second-order valence-corrected chi connectivity index (χ2v) is 6.20. The molecule has 92 valence electrons. The minimum atomic E-state index is 0.307. The molecule has 2 heterocycles. The highest BCUT2D eigenvalue weighted by Gasteiger charge is 2.41. The third-order valence-corrected chi connectivity index (χ3v) is 4.96. The summed E-state index contributed by atoms with van der Waals surface area (Å²) in [5.41, 5.74) is 1.75. The standard InChI is InChI=1S/C14H20N2S/c1-2-4-13(5-3-1)12-16-9-8-15-14(16)6-10-17-11-7-14/h1-5,15H,6-12H2. The van der Waals surface area contributed by atoms with Gasteiger partial charge in [-0.3, -0.25) is 10.2 Å². The van der Waals surface area contributed by atoms with E-state index in [0.717, 1.165) is 13.1 Å². The van der Waals surface area contributed by atoms with E-state index in [-0.39, 0.29) is 0 Å². The maximum atomic E-state index is 3.75. The molecule has 0 amide bonds. The zero-order chi connectivity index (χ0) is 11.6. The summed E-state index contributed by atoms with van der Waals surface area (Å²) in [4.78, 5) is 2.65. The Morgan fingerprint density at radius 3 is 2.71 bits per heavy atom. The maximum absolute atomic E-state index is 3.75. The van der Waals surface area contributed by atoms with E-state index in [1.54, 1.807) is 0 Å². The van der Waals surface area contributed by atoms with Crippen LogP contribution in [0.4, 0.5) is 0 Å². The van der Waals surface area contributed by atoms with Gasteiger partial charge in [0.25, 0.3) is 0 Å². The van der Waals surface area contributed by atoms with Gasteiger partial charge in [-0.15, -0.1) is 0 Å². The largest absolute Gasteiger partial charge is 0.298 e. The third kappa shape index (κ3) is 2.37. The average molecular weight is 248 g/mol. The molecule has 2 saturated heterocycles. The number of thioether (sulfide) groups is 1. The normalized spacial score (nSPS) is 24.2. The first-order chi connectivity index (χ1) is 8.39. The van der Waals surface area contributed by atoms with E-state index in [1.807, 2.05) is 0 Å². The molecular weight excluding hydrogens is 228 g/mol. The molecule has 1 aromatic carbocycles. The lowest BCUT2D eigenvalue weighted by Gasteiger charge is -2.41. The van der Waals surface area contributed by atoms with Crippen LogP contribution in [-0.4, -0.2) is 35.2 Å². The SMILES string of the molecule is c1ccc(CN2CCNC23CCSCC3)cc1. The first-order valence-electron chi connectivity index (χ1n) is 6.51. The molecule has 17 heavy (non-hydrogen) atoms. The van der Waals surface area contributed by atoms with Gasteiger partial charge in [-0.1, -0.05) is 30.3 Å². The van der Waals surface area contributed by atoms with Gasteiger partial charge in [0.1, 0.15) is 0 Å². The van der Waals surface area contributed by atoms with Gasteiger partial charge >= 0.3 is 0 Å². The Bertz CT molecular complexity index is 360. The molecule has 0 radical (unpaired) electrons. The van der Waals surface area contributed by atoms with E-state index in [4.69, 9.17) is 0 Å². The average Bonchev–Trinajstić information content (AvgIpc) is 2.74. The summed E-state index contributed by atoms with van der Waals surface area (Å²) in [6, 6.07) is 10.9. The number of nitrogens with one attached hydrogen (secondary N) is 1. The number of hydrogen-bond acceptors (Lipinski definition) is 3. The molecule has 2 aliphatic rings. The first-order valence-corrected chi connectivity index (χ1v) is 7.66. The van der Waals surface area contributed by atoms with Gasteiger partial charge in [0.2, 0.25) is 0 Å². The molecule has 1 aromatic rings. The molecule has 1 spiro atoms. The molecule has 0 bridgehead atoms. The molecular formula is C14H20N2S. The summed E-state index contributed by atoms with van der Waals surface area (Å²) in [6.07, 6.45) is 2.59. The van der Waals surface area contributed by atoms with Crippen molar-refractivity contribution >= 4 is 11.8 Å². The summed E-state index contributed by atoms with van der Waals surface area (Å²) >= 11 is 2.10. The number of benzene rings is 1. The zero-order valence-electron chi connectivity index (χ0n) is 10.2. The van der Waals surface area contributed by atoms with Crippen molar-refractivity contribution in [1.29, 1.82) is 0 Å². The Hall–Kier alpha value is -0.510. The Kier molecular flexibility index (Phi) is 3.41. The number of rotatable bonds is 2. The maximum Gasteiger partial charge on any atom is 0.0732 e.